The zero-order valence-corrected chi connectivity index (χ0v) is 10.5. The number of nitrogens with one attached hydrogen (secondary N) is 1. The van der Waals surface area contributed by atoms with E-state index in [-0.39, 0.29) is 5.91 Å². The molecule has 0 aliphatic carbocycles. The van der Waals surface area contributed by atoms with E-state index < -0.39 is 0 Å². The van der Waals surface area contributed by atoms with Crippen molar-refractivity contribution in [2.75, 3.05) is 7.05 Å². The summed E-state index contributed by atoms with van der Waals surface area (Å²) in [5.41, 5.74) is 0.763. The summed E-state index contributed by atoms with van der Waals surface area (Å²) >= 11 is 0. The Morgan fingerprint density at radius 1 is 1.31 bits per heavy atom. The second kappa shape index (κ2) is 11.2. The van der Waals surface area contributed by atoms with Crippen molar-refractivity contribution in [3.05, 3.63) is 29.6 Å². The van der Waals surface area contributed by atoms with Crippen LogP contribution in [0.25, 0.3) is 0 Å². The van der Waals surface area contributed by atoms with Crippen molar-refractivity contribution in [3.8, 4) is 6.07 Å². The molecule has 0 unspecified atom stereocenters. The van der Waals surface area contributed by atoms with E-state index in [0.717, 1.165) is 0 Å². The summed E-state index contributed by atoms with van der Waals surface area (Å²) in [6.45, 7) is 8.00. The van der Waals surface area contributed by atoms with E-state index in [9.17, 15) is 4.79 Å². The minimum Gasteiger partial charge on any atom is -0.354 e. The summed E-state index contributed by atoms with van der Waals surface area (Å²) in [5.74, 6) is -0.250. The molecule has 0 atom stereocenters. The van der Waals surface area contributed by atoms with Gasteiger partial charge in [-0.2, -0.15) is 5.26 Å². The van der Waals surface area contributed by atoms with E-state index in [2.05, 4.69) is 10.3 Å². The Morgan fingerprint density at radius 2 is 1.88 bits per heavy atom. The first-order chi connectivity index (χ1) is 7.77. The molecule has 0 aromatic carbocycles. The number of aromatic nitrogens is 1. The summed E-state index contributed by atoms with van der Waals surface area (Å²) in [6, 6.07) is 4.98. The Labute approximate surface area is 97.3 Å². The molecule has 4 heteroatoms. The first-order valence-corrected chi connectivity index (χ1v) is 5.36. The van der Waals surface area contributed by atoms with E-state index in [4.69, 9.17) is 5.26 Å². The van der Waals surface area contributed by atoms with Gasteiger partial charge in [0.25, 0.3) is 5.91 Å². The quantitative estimate of drug-likeness (QED) is 0.791. The van der Waals surface area contributed by atoms with Crippen LogP contribution in [-0.4, -0.2) is 17.9 Å². The number of amides is 1. The zero-order chi connectivity index (χ0) is 13.0. The lowest BCUT2D eigenvalue weighted by Crippen LogP contribution is -2.18. The lowest BCUT2D eigenvalue weighted by Gasteiger charge is -1.96. The molecule has 1 aromatic rings. The number of rotatable bonds is 1. The molecule has 1 amide bonds. The molecule has 0 aliphatic heterocycles. The Morgan fingerprint density at radius 3 is 2.19 bits per heavy atom. The minimum atomic E-state index is -0.250. The molecule has 0 bridgehead atoms. The molecule has 1 rings (SSSR count). The molecule has 0 aliphatic rings. The van der Waals surface area contributed by atoms with E-state index in [1.807, 2.05) is 33.8 Å². The number of nitrogens with zero attached hydrogens (tertiary/aromatic N) is 2. The SMILES string of the molecule is CC.CC.CNC(=O)c1ccc(C#N)cn1. The number of pyridine rings is 1. The van der Waals surface area contributed by atoms with E-state index in [1.165, 1.54) is 19.3 Å². The standard InChI is InChI=1S/C8H7N3O.2C2H6/c1-10-8(12)7-3-2-6(4-9)5-11-7;2*1-2/h2-3,5H,1H3,(H,10,12);2*1-2H3. The second-order valence-corrected chi connectivity index (χ2v) is 2.12. The third-order valence-electron chi connectivity index (χ3n) is 1.35. The summed E-state index contributed by atoms with van der Waals surface area (Å²) in [7, 11) is 1.53. The summed E-state index contributed by atoms with van der Waals surface area (Å²) in [5, 5.41) is 10.9. The van der Waals surface area contributed by atoms with Gasteiger partial charge in [-0.05, 0) is 12.1 Å². The minimum absolute atomic E-state index is 0.250. The largest absolute Gasteiger partial charge is 0.354 e. The van der Waals surface area contributed by atoms with Gasteiger partial charge in [0.15, 0.2) is 0 Å². The van der Waals surface area contributed by atoms with Gasteiger partial charge in [-0.3, -0.25) is 4.79 Å². The first kappa shape index (κ1) is 16.5. The summed E-state index contributed by atoms with van der Waals surface area (Å²) in [4.78, 5) is 14.7. The molecule has 0 fully saturated rings. The molecule has 0 spiro atoms. The molecule has 0 saturated carbocycles. The van der Waals surface area contributed by atoms with Gasteiger partial charge in [0.05, 0.1) is 5.56 Å². The van der Waals surface area contributed by atoms with Crippen LogP contribution in [0.5, 0.6) is 0 Å². The Hall–Kier alpha value is -1.89. The number of carbonyl (C=O) groups excluding carboxylic acids is 1. The maximum absolute atomic E-state index is 11.0. The van der Waals surface area contributed by atoms with Gasteiger partial charge in [-0.1, -0.05) is 27.7 Å². The van der Waals surface area contributed by atoms with Gasteiger partial charge in [0, 0.05) is 13.2 Å². The summed E-state index contributed by atoms with van der Waals surface area (Å²) < 4.78 is 0. The highest BCUT2D eigenvalue weighted by Gasteiger charge is 2.02. The third kappa shape index (κ3) is 5.76. The van der Waals surface area contributed by atoms with Gasteiger partial charge in [0.1, 0.15) is 11.8 Å². The third-order valence-corrected chi connectivity index (χ3v) is 1.35. The molecule has 0 radical (unpaired) electrons. The highest BCUT2D eigenvalue weighted by Crippen LogP contribution is 1.97. The highest BCUT2D eigenvalue weighted by atomic mass is 16.1. The lowest BCUT2D eigenvalue weighted by atomic mass is 10.2. The molecule has 4 nitrogen and oxygen atoms in total. The van der Waals surface area contributed by atoms with Crippen LogP contribution in [-0.2, 0) is 0 Å². The number of hydrogen-bond donors (Lipinski definition) is 1. The van der Waals surface area contributed by atoms with Crippen LogP contribution in [0.2, 0.25) is 0 Å². The lowest BCUT2D eigenvalue weighted by molar-refractivity contribution is 0.0958. The molecular formula is C12H19N3O. The van der Waals surface area contributed by atoms with Crippen LogP contribution >= 0.6 is 0 Å². The molecule has 1 N–H and O–H groups in total. The van der Waals surface area contributed by atoms with E-state index in [0.29, 0.717) is 11.3 Å². The fourth-order valence-corrected chi connectivity index (χ4v) is 0.722. The Balaban J connectivity index is 0. The Bertz CT molecular complexity index is 325. The Kier molecular flexibility index (Phi) is 11.6. The molecule has 0 saturated heterocycles. The molecular weight excluding hydrogens is 202 g/mol. The van der Waals surface area contributed by atoms with Crippen LogP contribution < -0.4 is 5.32 Å². The van der Waals surface area contributed by atoms with Crippen LogP contribution in [0, 0.1) is 11.3 Å². The van der Waals surface area contributed by atoms with Crippen LogP contribution in [0.4, 0.5) is 0 Å². The fourth-order valence-electron chi connectivity index (χ4n) is 0.722. The van der Waals surface area contributed by atoms with Gasteiger partial charge >= 0.3 is 0 Å². The van der Waals surface area contributed by atoms with Gasteiger partial charge in [0.2, 0.25) is 0 Å². The van der Waals surface area contributed by atoms with Crippen molar-refractivity contribution >= 4 is 5.91 Å². The molecule has 88 valence electrons. The van der Waals surface area contributed by atoms with Crippen molar-refractivity contribution in [1.82, 2.24) is 10.3 Å². The number of hydrogen-bond acceptors (Lipinski definition) is 3. The number of carbonyl (C=O) groups is 1. The zero-order valence-electron chi connectivity index (χ0n) is 10.5. The topological polar surface area (TPSA) is 65.8 Å². The van der Waals surface area contributed by atoms with E-state index in [1.54, 1.807) is 6.07 Å². The predicted molar refractivity (Wildman–Crippen MR) is 65.0 cm³/mol. The second-order valence-electron chi connectivity index (χ2n) is 2.12. The average Bonchev–Trinajstić information content (AvgIpc) is 2.42. The molecule has 16 heavy (non-hydrogen) atoms. The van der Waals surface area contributed by atoms with Gasteiger partial charge in [-0.15, -0.1) is 0 Å². The first-order valence-electron chi connectivity index (χ1n) is 5.36. The predicted octanol–water partition coefficient (Wildman–Crippen LogP) is 2.37. The van der Waals surface area contributed by atoms with Crippen molar-refractivity contribution in [2.45, 2.75) is 27.7 Å². The monoisotopic (exact) mass is 221 g/mol. The van der Waals surface area contributed by atoms with Crippen molar-refractivity contribution in [3.63, 3.8) is 0 Å². The van der Waals surface area contributed by atoms with Crippen LogP contribution in [0.1, 0.15) is 43.7 Å². The van der Waals surface area contributed by atoms with Gasteiger partial charge < -0.3 is 5.32 Å². The van der Waals surface area contributed by atoms with Crippen molar-refractivity contribution in [1.29, 1.82) is 5.26 Å². The molecule has 1 aromatic heterocycles. The fraction of sp³-hybridized carbons (Fsp3) is 0.417. The smallest absolute Gasteiger partial charge is 0.269 e. The summed E-state index contributed by atoms with van der Waals surface area (Å²) in [6.07, 6.45) is 1.37. The van der Waals surface area contributed by atoms with Crippen LogP contribution in [0.3, 0.4) is 0 Å². The highest BCUT2D eigenvalue weighted by molar-refractivity contribution is 5.91. The van der Waals surface area contributed by atoms with E-state index >= 15 is 0 Å². The molecule has 1 heterocycles. The van der Waals surface area contributed by atoms with Gasteiger partial charge in [-0.25, -0.2) is 4.98 Å². The maximum Gasteiger partial charge on any atom is 0.269 e. The number of nitriles is 1. The maximum atomic E-state index is 11.0. The van der Waals surface area contributed by atoms with Crippen molar-refractivity contribution in [2.24, 2.45) is 0 Å². The van der Waals surface area contributed by atoms with Crippen molar-refractivity contribution < 1.29 is 4.79 Å². The van der Waals surface area contributed by atoms with Crippen LogP contribution in [0.15, 0.2) is 18.3 Å². The average molecular weight is 221 g/mol. The normalized spacial score (nSPS) is 7.25.